The minimum atomic E-state index is -4.59. The summed E-state index contributed by atoms with van der Waals surface area (Å²) in [5.41, 5.74) is 3.69. The molecule has 3 heterocycles. The molecule has 2 saturated carbocycles. The van der Waals surface area contributed by atoms with Gasteiger partial charge in [0.25, 0.3) is 5.91 Å². The number of nitriles is 3. The van der Waals surface area contributed by atoms with Crippen LogP contribution in [0, 0.1) is 52.6 Å². The molecular formula is C42H34Cl2F5N9O5S2. The zero-order chi connectivity index (χ0) is 48.4. The van der Waals surface area contributed by atoms with Gasteiger partial charge >= 0.3 is 18.1 Å². The van der Waals surface area contributed by atoms with Gasteiger partial charge in [0.2, 0.25) is 0 Å². The molecule has 1 amide bonds. The number of hydrogen-bond acceptors (Lipinski definition) is 14. The Morgan fingerprint density at radius 3 is 1.83 bits per heavy atom. The number of pyridine rings is 2. The number of nitrogens with two attached hydrogens (primary N) is 1. The maximum absolute atomic E-state index is 14.6. The van der Waals surface area contributed by atoms with E-state index < -0.39 is 52.1 Å². The first-order chi connectivity index (χ1) is 30.6. The topological polar surface area (TPSA) is 211 Å². The molecule has 0 radical (unpaired) electrons. The molecule has 3 fully saturated rings. The van der Waals surface area contributed by atoms with Crippen molar-refractivity contribution in [1.82, 2.24) is 9.97 Å². The van der Waals surface area contributed by atoms with Gasteiger partial charge in [-0.1, -0.05) is 35.4 Å². The number of methoxy groups -OCH3 is 2. The van der Waals surface area contributed by atoms with E-state index in [0.717, 1.165) is 31.9 Å². The summed E-state index contributed by atoms with van der Waals surface area (Å²) in [5.74, 6) is -3.10. The highest BCUT2D eigenvalue weighted by atomic mass is 35.5. The molecule has 2 aromatic carbocycles. The fourth-order valence-corrected chi connectivity index (χ4v) is 7.12. The van der Waals surface area contributed by atoms with Crippen LogP contribution in [0.2, 0.25) is 0 Å². The van der Waals surface area contributed by atoms with Crippen molar-refractivity contribution in [2.45, 2.75) is 62.7 Å². The average Bonchev–Trinajstić information content (AvgIpc) is 3.47. The number of rotatable bonds is 6. The highest BCUT2D eigenvalue weighted by Gasteiger charge is 2.59. The van der Waals surface area contributed by atoms with Crippen molar-refractivity contribution in [2.75, 3.05) is 35.1 Å². The summed E-state index contributed by atoms with van der Waals surface area (Å²) in [6.07, 6.45) is 2.34. The van der Waals surface area contributed by atoms with E-state index in [1.54, 1.807) is 30.0 Å². The average molecular weight is 975 g/mol. The van der Waals surface area contributed by atoms with Crippen LogP contribution >= 0.6 is 47.6 Å². The summed E-state index contributed by atoms with van der Waals surface area (Å²) in [6, 6.07) is 16.1. The fourth-order valence-electron chi connectivity index (χ4n) is 6.65. The molecule has 0 unspecified atom stereocenters. The number of aromatic nitrogens is 2. The molecule has 1 saturated heterocycles. The first-order valence-corrected chi connectivity index (χ1v) is 20.3. The molecule has 3 aliphatic rings. The van der Waals surface area contributed by atoms with Gasteiger partial charge in [0.1, 0.15) is 40.5 Å². The zero-order valence-corrected chi connectivity index (χ0v) is 37.4. The van der Waals surface area contributed by atoms with Crippen LogP contribution in [0.4, 0.5) is 44.7 Å². The number of thiocarbonyl (C=S) groups is 2. The van der Waals surface area contributed by atoms with Crippen LogP contribution < -0.4 is 20.9 Å². The Balaban J connectivity index is 0.000000224. The molecule has 0 bridgehead atoms. The lowest BCUT2D eigenvalue weighted by Crippen LogP contribution is -2.55. The molecule has 0 atom stereocenters. The van der Waals surface area contributed by atoms with Crippen molar-refractivity contribution < 1.29 is 45.8 Å². The molecule has 23 heteroatoms. The summed E-state index contributed by atoms with van der Waals surface area (Å²) in [4.78, 5) is 46.8. The van der Waals surface area contributed by atoms with Crippen LogP contribution in [0.5, 0.6) is 0 Å². The van der Waals surface area contributed by atoms with E-state index in [1.165, 1.54) is 55.7 Å². The maximum atomic E-state index is 14.6. The van der Waals surface area contributed by atoms with Gasteiger partial charge < -0.3 is 25.4 Å². The summed E-state index contributed by atoms with van der Waals surface area (Å²) >= 11 is 19.2. The van der Waals surface area contributed by atoms with E-state index in [9.17, 15) is 36.3 Å². The maximum Gasteiger partial charge on any atom is 0.419 e. The lowest BCUT2D eigenvalue weighted by atomic mass is 9.75. The standard InChI is InChI=1S/C21H17FN4O3S.C13H13FN2O2.C7H4F3N3.CCl2S/c1-12-8-14(11-24-17(12)10-23)25-19(28)21(6-3-7-21)26(20(25)30)13-4-5-15(16(22)9-13)18(27)29-2;1-18-12(17)10-4-3-9(7-11(10)14)16-13(8-15)5-2-6-13;8-7(9,10)5-1-4(12)3-13-6(5)2-11;2-1(3)4/h4-5,8-9,11H,3,6-7H2,1-2H3;3-4,7,16H,2,5-6H2,1H3;1,3H,12H2;. The fraction of sp³-hybridized carbons (Fsp3) is 0.286. The van der Waals surface area contributed by atoms with Gasteiger partial charge in [-0.15, -0.1) is 0 Å². The SMILES string of the molecule is COC(=O)c1ccc(N2C(=S)N(c3cnc(C#N)c(C)c3)C(=O)C23CCC3)cc1F.COC(=O)c1ccc(NC2(C#N)CCC2)cc1F.N#Cc1ncc(N)cc1C(F)(F)F.S=C(Cl)Cl. The number of carbonyl (C=O) groups excluding carboxylic acids is 3. The molecule has 2 aromatic heterocycles. The van der Waals surface area contributed by atoms with Crippen LogP contribution in [-0.4, -0.2) is 62.0 Å². The normalized spacial score (nSPS) is 15.0. The molecule has 65 heavy (non-hydrogen) atoms. The van der Waals surface area contributed by atoms with Crippen LogP contribution in [0.15, 0.2) is 60.9 Å². The summed E-state index contributed by atoms with van der Waals surface area (Å²) in [6.45, 7) is 1.73. The number of nitrogens with one attached hydrogen (secondary N) is 1. The summed E-state index contributed by atoms with van der Waals surface area (Å²) < 4.78 is 73.7. The van der Waals surface area contributed by atoms with Gasteiger partial charge in [-0.2, -0.15) is 29.0 Å². The lowest BCUT2D eigenvalue weighted by molar-refractivity contribution is -0.138. The third-order valence-corrected chi connectivity index (χ3v) is 10.5. The van der Waals surface area contributed by atoms with Crippen LogP contribution in [0.1, 0.15) is 81.8 Å². The molecule has 4 aromatic rings. The van der Waals surface area contributed by atoms with Crippen molar-refractivity contribution >= 4 is 97.1 Å². The largest absolute Gasteiger partial charge is 0.465 e. The summed E-state index contributed by atoms with van der Waals surface area (Å²) in [7, 11) is 2.38. The molecular weight excluding hydrogens is 941 g/mol. The van der Waals surface area contributed by atoms with Crippen LogP contribution in [0.3, 0.4) is 0 Å². The highest BCUT2D eigenvalue weighted by Crippen LogP contribution is 2.48. The molecule has 338 valence electrons. The Morgan fingerprint density at radius 2 is 1.40 bits per heavy atom. The quantitative estimate of drug-likeness (QED) is 0.0799. The number of hydrogen-bond donors (Lipinski definition) is 2. The van der Waals surface area contributed by atoms with Crippen molar-refractivity contribution in [3.63, 3.8) is 0 Å². The number of esters is 2. The minimum absolute atomic E-state index is 0.0556. The smallest absolute Gasteiger partial charge is 0.419 e. The van der Waals surface area contributed by atoms with E-state index >= 15 is 0 Å². The third-order valence-electron chi connectivity index (χ3n) is 10.1. The first-order valence-electron chi connectivity index (χ1n) is 18.7. The molecule has 1 spiro atoms. The number of ether oxygens (including phenoxy) is 2. The number of anilines is 4. The van der Waals surface area contributed by atoms with E-state index in [1.807, 2.05) is 6.07 Å². The van der Waals surface area contributed by atoms with E-state index in [4.69, 9.17) is 56.9 Å². The Kier molecular flexibility index (Phi) is 16.8. The number of amides is 1. The molecule has 14 nitrogen and oxygen atoms in total. The van der Waals surface area contributed by atoms with Gasteiger partial charge in [-0.25, -0.2) is 28.3 Å². The monoisotopic (exact) mass is 973 g/mol. The van der Waals surface area contributed by atoms with Crippen molar-refractivity contribution in [2.24, 2.45) is 0 Å². The van der Waals surface area contributed by atoms with Crippen molar-refractivity contribution in [1.29, 1.82) is 15.8 Å². The van der Waals surface area contributed by atoms with Gasteiger partial charge in [0.15, 0.2) is 14.6 Å². The number of carbonyl (C=O) groups is 3. The van der Waals surface area contributed by atoms with Crippen LogP contribution in [-0.2, 0) is 20.4 Å². The number of nitrogen functional groups attached to an aromatic ring is 1. The van der Waals surface area contributed by atoms with Gasteiger partial charge in [0, 0.05) is 11.4 Å². The predicted octanol–water partition coefficient (Wildman–Crippen LogP) is 9.02. The van der Waals surface area contributed by atoms with Crippen molar-refractivity contribution in [3.8, 4) is 18.2 Å². The second-order valence-corrected chi connectivity index (χ2v) is 16.3. The van der Waals surface area contributed by atoms with E-state index in [-0.39, 0.29) is 37.3 Å². The molecule has 2 aliphatic carbocycles. The van der Waals surface area contributed by atoms with Gasteiger partial charge in [0.05, 0.1) is 60.7 Å². The number of alkyl halides is 3. The number of halogens is 7. The minimum Gasteiger partial charge on any atom is -0.465 e. The second kappa shape index (κ2) is 21.4. The van der Waals surface area contributed by atoms with Crippen molar-refractivity contribution in [3.05, 3.63) is 106 Å². The number of aryl methyl sites for hydroxylation is 1. The third kappa shape index (κ3) is 11.6. The van der Waals surface area contributed by atoms with Gasteiger partial charge in [-0.05, 0) is 112 Å². The Morgan fingerprint density at radius 1 is 0.862 bits per heavy atom. The Labute approximate surface area is 389 Å². The van der Waals surface area contributed by atoms with Crippen LogP contribution in [0.25, 0.3) is 0 Å². The van der Waals surface area contributed by atoms with E-state index in [0.29, 0.717) is 41.5 Å². The molecule has 1 aliphatic heterocycles. The van der Waals surface area contributed by atoms with Gasteiger partial charge in [-0.3, -0.25) is 9.69 Å². The second-order valence-electron chi connectivity index (χ2n) is 14.1. The first kappa shape index (κ1) is 51.1. The predicted molar refractivity (Wildman–Crippen MR) is 237 cm³/mol. The summed E-state index contributed by atoms with van der Waals surface area (Å²) in [5, 5.41) is 29.7. The number of nitrogens with zero attached hydrogens (tertiary/aromatic N) is 7. The lowest BCUT2D eigenvalue weighted by Gasteiger charge is -2.43. The molecule has 3 N–H and O–H groups in total. The molecule has 7 rings (SSSR count). The Bertz CT molecular complexity index is 2660. The highest BCUT2D eigenvalue weighted by molar-refractivity contribution is 7.86. The Hall–Kier alpha value is -6.57. The number of benzene rings is 2. The van der Waals surface area contributed by atoms with E-state index in [2.05, 4.69) is 43.0 Å². The zero-order valence-electron chi connectivity index (χ0n) is 34.2.